The molecule has 0 aliphatic carbocycles. The van der Waals surface area contributed by atoms with Crippen molar-refractivity contribution in [2.45, 2.75) is 6.92 Å². The highest BCUT2D eigenvalue weighted by Crippen LogP contribution is 2.07. The Labute approximate surface area is 63.8 Å². The Hall–Kier alpha value is -1.58. The highest BCUT2D eigenvalue weighted by molar-refractivity contribution is 5.99. The molecule has 0 aromatic carbocycles. The van der Waals surface area contributed by atoms with Gasteiger partial charge >= 0.3 is 0 Å². The van der Waals surface area contributed by atoms with E-state index in [4.69, 9.17) is 5.73 Å². The number of nitrogens with two attached hydrogens (primary N) is 1. The molecule has 4 heteroatoms. The number of allylic oxidation sites excluding steroid dienone is 1. The summed E-state index contributed by atoms with van der Waals surface area (Å²) in [7, 11) is 0. The average Bonchev–Trinajstić information content (AvgIpc) is 2.10. The van der Waals surface area contributed by atoms with Gasteiger partial charge in [0, 0.05) is 17.3 Å². The van der Waals surface area contributed by atoms with Gasteiger partial charge < -0.3 is 11.1 Å². The summed E-state index contributed by atoms with van der Waals surface area (Å²) in [5.74, 6) is -0.747. The predicted molar refractivity (Wildman–Crippen MR) is 39.2 cm³/mol. The Balaban J connectivity index is 2.83. The van der Waals surface area contributed by atoms with Gasteiger partial charge in [-0.3, -0.25) is 9.59 Å². The van der Waals surface area contributed by atoms with Gasteiger partial charge in [0.05, 0.1) is 0 Å². The normalized spacial score (nSPS) is 19.9. The summed E-state index contributed by atoms with van der Waals surface area (Å²) in [4.78, 5) is 21.1. The number of primary amides is 1. The molecule has 0 bridgehead atoms. The molecule has 1 aliphatic heterocycles. The molecule has 0 aromatic heterocycles. The van der Waals surface area contributed by atoms with Gasteiger partial charge in [-0.25, -0.2) is 0 Å². The molecule has 4 nitrogen and oxygen atoms in total. The van der Waals surface area contributed by atoms with E-state index in [1.165, 1.54) is 6.08 Å². The maximum Gasteiger partial charge on any atom is 0.251 e. The molecule has 0 fully saturated rings. The summed E-state index contributed by atoms with van der Waals surface area (Å²) in [5, 5.41) is 2.46. The summed E-state index contributed by atoms with van der Waals surface area (Å²) in [6.45, 7) is 1.66. The minimum Gasteiger partial charge on any atom is -0.366 e. The van der Waals surface area contributed by atoms with Gasteiger partial charge in [0.15, 0.2) is 0 Å². The topological polar surface area (TPSA) is 72.2 Å². The zero-order chi connectivity index (χ0) is 8.43. The summed E-state index contributed by atoms with van der Waals surface area (Å²) in [6, 6.07) is 0. The molecule has 3 N–H and O–H groups in total. The quantitative estimate of drug-likeness (QED) is 0.494. The number of amides is 2. The van der Waals surface area contributed by atoms with Crippen LogP contribution in [0.4, 0.5) is 0 Å². The lowest BCUT2D eigenvalue weighted by Crippen LogP contribution is -2.17. The first-order chi connectivity index (χ1) is 5.09. The fourth-order valence-electron chi connectivity index (χ4n) is 0.796. The number of carbonyl (C=O) groups excluding carboxylic acids is 2. The number of hydrogen-bond acceptors (Lipinski definition) is 2. The fourth-order valence-corrected chi connectivity index (χ4v) is 0.796. The van der Waals surface area contributed by atoms with E-state index in [9.17, 15) is 9.59 Å². The van der Waals surface area contributed by atoms with Gasteiger partial charge in [0.1, 0.15) is 0 Å². The van der Waals surface area contributed by atoms with E-state index in [1.807, 2.05) is 0 Å². The van der Waals surface area contributed by atoms with Crippen molar-refractivity contribution in [2.24, 2.45) is 5.73 Å². The number of carbonyl (C=O) groups is 2. The Morgan fingerprint density at radius 1 is 1.73 bits per heavy atom. The first kappa shape index (κ1) is 7.53. The van der Waals surface area contributed by atoms with Crippen LogP contribution in [0.2, 0.25) is 0 Å². The highest BCUT2D eigenvalue weighted by Gasteiger charge is 2.13. The summed E-state index contributed by atoms with van der Waals surface area (Å²) in [5.41, 5.74) is 5.91. The summed E-state index contributed by atoms with van der Waals surface area (Å²) in [6.07, 6.45) is 2.75. The molecule has 0 radical (unpaired) electrons. The standard InChI is InChI=1S/C7H8N2O2/c1-4-2-5(3-6(8)10)9-7(4)11/h2-3H,1H3,(H2,8,10)(H,9,11)/b5-3-. The van der Waals surface area contributed by atoms with E-state index < -0.39 is 5.91 Å². The maximum atomic E-state index is 10.8. The van der Waals surface area contributed by atoms with E-state index in [0.29, 0.717) is 11.3 Å². The Morgan fingerprint density at radius 2 is 2.36 bits per heavy atom. The van der Waals surface area contributed by atoms with Crippen LogP contribution in [0.1, 0.15) is 6.92 Å². The van der Waals surface area contributed by atoms with Crippen molar-refractivity contribution in [3.8, 4) is 0 Å². The first-order valence-electron chi connectivity index (χ1n) is 3.10. The molecule has 2 amide bonds. The van der Waals surface area contributed by atoms with Crippen LogP contribution in [0.25, 0.3) is 0 Å². The van der Waals surface area contributed by atoms with Gasteiger partial charge in [0.2, 0.25) is 5.91 Å². The lowest BCUT2D eigenvalue weighted by atomic mass is 10.3. The number of nitrogens with one attached hydrogen (secondary N) is 1. The molecular weight excluding hydrogens is 144 g/mol. The molecule has 11 heavy (non-hydrogen) atoms. The molecule has 1 rings (SSSR count). The van der Waals surface area contributed by atoms with Gasteiger partial charge in [0.25, 0.3) is 5.91 Å². The third-order valence-corrected chi connectivity index (χ3v) is 1.29. The van der Waals surface area contributed by atoms with Crippen LogP contribution in [0, 0.1) is 0 Å². The van der Waals surface area contributed by atoms with Crippen LogP contribution < -0.4 is 11.1 Å². The molecule has 0 aromatic rings. The van der Waals surface area contributed by atoms with Crippen molar-refractivity contribution in [3.63, 3.8) is 0 Å². The molecule has 0 saturated carbocycles. The third-order valence-electron chi connectivity index (χ3n) is 1.29. The van der Waals surface area contributed by atoms with E-state index in [1.54, 1.807) is 13.0 Å². The molecule has 1 aliphatic rings. The Bertz CT molecular complexity index is 276. The monoisotopic (exact) mass is 152 g/mol. The molecule has 0 atom stereocenters. The second-order valence-electron chi connectivity index (χ2n) is 2.28. The van der Waals surface area contributed by atoms with E-state index in [0.717, 1.165) is 0 Å². The van der Waals surface area contributed by atoms with Gasteiger partial charge in [-0.2, -0.15) is 0 Å². The second kappa shape index (κ2) is 2.57. The zero-order valence-electron chi connectivity index (χ0n) is 6.05. The highest BCUT2D eigenvalue weighted by atomic mass is 16.2. The lowest BCUT2D eigenvalue weighted by molar-refractivity contribution is -0.116. The molecule has 0 saturated heterocycles. The van der Waals surface area contributed by atoms with E-state index in [2.05, 4.69) is 5.32 Å². The Kier molecular flexibility index (Phi) is 1.76. The van der Waals surface area contributed by atoms with Crippen molar-refractivity contribution in [2.75, 3.05) is 0 Å². The summed E-state index contributed by atoms with van der Waals surface area (Å²) >= 11 is 0. The SMILES string of the molecule is CC1=C/C(=C/C(N)=O)NC1=O. The Morgan fingerprint density at radius 3 is 2.73 bits per heavy atom. The van der Waals surface area contributed by atoms with Crippen LogP contribution in [0.3, 0.4) is 0 Å². The van der Waals surface area contributed by atoms with Crippen LogP contribution >= 0.6 is 0 Å². The smallest absolute Gasteiger partial charge is 0.251 e. The average molecular weight is 152 g/mol. The van der Waals surface area contributed by atoms with Crippen molar-refractivity contribution in [3.05, 3.63) is 23.4 Å². The lowest BCUT2D eigenvalue weighted by Gasteiger charge is -1.92. The van der Waals surface area contributed by atoms with Crippen molar-refractivity contribution in [1.82, 2.24) is 5.32 Å². The van der Waals surface area contributed by atoms with Crippen molar-refractivity contribution >= 4 is 11.8 Å². The maximum absolute atomic E-state index is 10.8. The summed E-state index contributed by atoms with van der Waals surface area (Å²) < 4.78 is 0. The van der Waals surface area contributed by atoms with Gasteiger partial charge in [-0.1, -0.05) is 0 Å². The first-order valence-corrected chi connectivity index (χ1v) is 3.10. The van der Waals surface area contributed by atoms with Crippen molar-refractivity contribution in [1.29, 1.82) is 0 Å². The van der Waals surface area contributed by atoms with E-state index >= 15 is 0 Å². The molecule has 0 unspecified atom stereocenters. The third kappa shape index (κ3) is 1.67. The van der Waals surface area contributed by atoms with Crippen LogP contribution in [-0.2, 0) is 9.59 Å². The molecule has 1 heterocycles. The van der Waals surface area contributed by atoms with Gasteiger partial charge in [-0.05, 0) is 13.0 Å². The predicted octanol–water partition coefficient (Wildman–Crippen LogP) is -0.568. The largest absolute Gasteiger partial charge is 0.366 e. The van der Waals surface area contributed by atoms with Crippen LogP contribution in [0.15, 0.2) is 23.4 Å². The molecule has 0 spiro atoms. The minimum atomic E-state index is -0.564. The molecular formula is C7H8N2O2. The molecule has 58 valence electrons. The number of hydrogen-bond donors (Lipinski definition) is 2. The second-order valence-corrected chi connectivity index (χ2v) is 2.28. The zero-order valence-corrected chi connectivity index (χ0v) is 6.05. The van der Waals surface area contributed by atoms with E-state index in [-0.39, 0.29) is 5.91 Å². The van der Waals surface area contributed by atoms with Gasteiger partial charge in [-0.15, -0.1) is 0 Å². The van der Waals surface area contributed by atoms with Crippen LogP contribution in [-0.4, -0.2) is 11.8 Å². The number of rotatable bonds is 1. The fraction of sp³-hybridized carbons (Fsp3) is 0.143. The van der Waals surface area contributed by atoms with Crippen LogP contribution in [0.5, 0.6) is 0 Å². The minimum absolute atomic E-state index is 0.183. The van der Waals surface area contributed by atoms with Crippen molar-refractivity contribution < 1.29 is 9.59 Å².